The van der Waals surface area contributed by atoms with Crippen LogP contribution < -0.4 is 16.0 Å². The van der Waals surface area contributed by atoms with Crippen LogP contribution >= 0.6 is 0 Å². The van der Waals surface area contributed by atoms with E-state index in [0.717, 1.165) is 0 Å². The second-order valence-electron chi connectivity index (χ2n) is 6.02. The number of para-hydroxylation sites is 1. The van der Waals surface area contributed by atoms with Crippen molar-refractivity contribution in [2.45, 2.75) is 26.1 Å². The number of rotatable bonds is 4. The highest BCUT2D eigenvalue weighted by molar-refractivity contribution is 5.74. The molecule has 0 spiro atoms. The normalized spacial score (nSPS) is 20.3. The summed E-state index contributed by atoms with van der Waals surface area (Å²) in [4.78, 5) is 21.3. The SMILES string of the molecule is C[C@@H]1CN(c2nc(N)c([N+](=O)[O-])c(Nc3ccccc3)n2)C[C@@H](C)O1. The fourth-order valence-corrected chi connectivity index (χ4v) is 2.87. The molecule has 0 radical (unpaired) electrons. The van der Waals surface area contributed by atoms with Crippen LogP contribution in [0.25, 0.3) is 0 Å². The minimum Gasteiger partial charge on any atom is -0.378 e. The summed E-state index contributed by atoms with van der Waals surface area (Å²) in [6.07, 6.45) is 0.0172. The van der Waals surface area contributed by atoms with Crippen LogP contribution in [0, 0.1) is 10.1 Å². The second-order valence-corrected chi connectivity index (χ2v) is 6.02. The molecule has 1 aliphatic rings. The maximum absolute atomic E-state index is 11.4. The van der Waals surface area contributed by atoms with Crippen molar-refractivity contribution in [3.05, 3.63) is 40.4 Å². The highest BCUT2D eigenvalue weighted by Crippen LogP contribution is 2.32. The summed E-state index contributed by atoms with van der Waals surface area (Å²) in [5.74, 6) is 0.259. The Morgan fingerprint density at radius 1 is 1.24 bits per heavy atom. The molecule has 3 rings (SSSR count). The topological polar surface area (TPSA) is 119 Å². The molecule has 9 nitrogen and oxygen atoms in total. The largest absolute Gasteiger partial charge is 0.378 e. The molecule has 1 aromatic carbocycles. The van der Waals surface area contributed by atoms with E-state index in [-0.39, 0.29) is 29.5 Å². The Kier molecular flexibility index (Phi) is 4.66. The number of nitrogens with two attached hydrogens (primary N) is 1. The van der Waals surface area contributed by atoms with Crippen LogP contribution in [-0.4, -0.2) is 40.2 Å². The molecule has 9 heteroatoms. The maximum atomic E-state index is 11.4. The summed E-state index contributed by atoms with van der Waals surface area (Å²) in [5, 5.41) is 14.4. The third-order valence-electron chi connectivity index (χ3n) is 3.82. The van der Waals surface area contributed by atoms with Crippen molar-refractivity contribution in [2.24, 2.45) is 0 Å². The van der Waals surface area contributed by atoms with E-state index in [4.69, 9.17) is 10.5 Å². The molecular formula is C16H20N6O3. The Morgan fingerprint density at radius 2 is 1.88 bits per heavy atom. The predicted octanol–water partition coefficient (Wildman–Crippen LogP) is 2.32. The molecule has 2 heterocycles. The van der Waals surface area contributed by atoms with Gasteiger partial charge in [-0.3, -0.25) is 10.1 Å². The minimum absolute atomic E-state index is 0.00861. The van der Waals surface area contributed by atoms with Crippen LogP contribution in [0.5, 0.6) is 0 Å². The van der Waals surface area contributed by atoms with Gasteiger partial charge >= 0.3 is 5.69 Å². The van der Waals surface area contributed by atoms with Gasteiger partial charge in [0, 0.05) is 18.8 Å². The fraction of sp³-hybridized carbons (Fsp3) is 0.375. The first-order valence-corrected chi connectivity index (χ1v) is 7.98. The van der Waals surface area contributed by atoms with E-state index in [2.05, 4.69) is 15.3 Å². The Hall–Kier alpha value is -2.94. The molecule has 0 aliphatic carbocycles. The van der Waals surface area contributed by atoms with Crippen molar-refractivity contribution in [1.29, 1.82) is 0 Å². The molecule has 0 bridgehead atoms. The van der Waals surface area contributed by atoms with Crippen molar-refractivity contribution >= 4 is 29.0 Å². The lowest BCUT2D eigenvalue weighted by molar-refractivity contribution is -0.383. The zero-order valence-corrected chi connectivity index (χ0v) is 14.0. The van der Waals surface area contributed by atoms with Gasteiger partial charge in [0.1, 0.15) is 0 Å². The van der Waals surface area contributed by atoms with E-state index in [1.807, 2.05) is 36.9 Å². The molecule has 0 unspecified atom stereocenters. The average molecular weight is 344 g/mol. The lowest BCUT2D eigenvalue weighted by atomic mass is 10.2. The van der Waals surface area contributed by atoms with Gasteiger partial charge in [-0.25, -0.2) is 0 Å². The number of morpholine rings is 1. The van der Waals surface area contributed by atoms with Gasteiger partial charge < -0.3 is 20.7 Å². The standard InChI is InChI=1S/C16H20N6O3/c1-10-8-21(9-11(2)25-10)16-19-14(17)13(22(23)24)15(20-16)18-12-6-4-3-5-7-12/h3-7,10-11H,8-9H2,1-2H3,(H3,17,18,19,20)/t10-,11-/m1/s1. The molecule has 25 heavy (non-hydrogen) atoms. The summed E-state index contributed by atoms with van der Waals surface area (Å²) >= 11 is 0. The van der Waals surface area contributed by atoms with E-state index < -0.39 is 4.92 Å². The molecule has 0 amide bonds. The molecular weight excluding hydrogens is 324 g/mol. The van der Waals surface area contributed by atoms with Gasteiger partial charge in [0.2, 0.25) is 17.6 Å². The highest BCUT2D eigenvalue weighted by Gasteiger charge is 2.29. The number of nitrogen functional groups attached to an aromatic ring is 1. The molecule has 132 valence electrons. The number of nitrogens with one attached hydrogen (secondary N) is 1. The van der Waals surface area contributed by atoms with Gasteiger partial charge in [-0.15, -0.1) is 0 Å². The van der Waals surface area contributed by atoms with E-state index >= 15 is 0 Å². The predicted molar refractivity (Wildman–Crippen MR) is 95.0 cm³/mol. The summed E-state index contributed by atoms with van der Waals surface area (Å²) < 4.78 is 5.70. The lowest BCUT2D eigenvalue weighted by Crippen LogP contribution is -2.46. The van der Waals surface area contributed by atoms with Crippen LogP contribution in [0.1, 0.15) is 13.8 Å². The van der Waals surface area contributed by atoms with Gasteiger partial charge in [-0.2, -0.15) is 9.97 Å². The number of anilines is 4. The zero-order chi connectivity index (χ0) is 18.0. The van der Waals surface area contributed by atoms with Crippen molar-refractivity contribution in [3.8, 4) is 0 Å². The van der Waals surface area contributed by atoms with Crippen molar-refractivity contribution < 1.29 is 9.66 Å². The smallest absolute Gasteiger partial charge is 0.353 e. The van der Waals surface area contributed by atoms with Crippen molar-refractivity contribution in [1.82, 2.24) is 9.97 Å². The fourth-order valence-electron chi connectivity index (χ4n) is 2.87. The average Bonchev–Trinajstić information content (AvgIpc) is 2.54. The van der Waals surface area contributed by atoms with E-state index in [1.54, 1.807) is 12.1 Å². The number of hydrogen-bond donors (Lipinski definition) is 2. The molecule has 2 atom stereocenters. The van der Waals surface area contributed by atoms with Gasteiger partial charge in [0.05, 0.1) is 17.1 Å². The first kappa shape index (κ1) is 16.9. The molecule has 1 fully saturated rings. The molecule has 3 N–H and O–H groups in total. The van der Waals surface area contributed by atoms with E-state index in [9.17, 15) is 10.1 Å². The summed E-state index contributed by atoms with van der Waals surface area (Å²) in [7, 11) is 0. The third-order valence-corrected chi connectivity index (χ3v) is 3.82. The van der Waals surface area contributed by atoms with Crippen LogP contribution in [0.15, 0.2) is 30.3 Å². The Morgan fingerprint density at radius 3 is 2.48 bits per heavy atom. The van der Waals surface area contributed by atoms with Crippen LogP contribution in [0.4, 0.5) is 29.0 Å². The monoisotopic (exact) mass is 344 g/mol. The number of aromatic nitrogens is 2. The molecule has 1 aliphatic heterocycles. The Balaban J connectivity index is 1.99. The highest BCUT2D eigenvalue weighted by atomic mass is 16.6. The van der Waals surface area contributed by atoms with Gasteiger partial charge in [-0.05, 0) is 26.0 Å². The van der Waals surface area contributed by atoms with Gasteiger partial charge in [-0.1, -0.05) is 18.2 Å². The number of benzene rings is 1. The molecule has 1 saturated heterocycles. The molecule has 0 saturated carbocycles. The maximum Gasteiger partial charge on any atom is 0.353 e. The zero-order valence-electron chi connectivity index (χ0n) is 14.0. The van der Waals surface area contributed by atoms with Crippen LogP contribution in [0.2, 0.25) is 0 Å². The Labute approximate surface area is 145 Å². The number of ether oxygens (including phenoxy) is 1. The minimum atomic E-state index is -0.574. The van der Waals surface area contributed by atoms with Crippen LogP contribution in [0.3, 0.4) is 0 Å². The van der Waals surface area contributed by atoms with Gasteiger partial charge in [0.25, 0.3) is 0 Å². The summed E-state index contributed by atoms with van der Waals surface area (Å²) in [6.45, 7) is 5.10. The van der Waals surface area contributed by atoms with Crippen molar-refractivity contribution in [3.63, 3.8) is 0 Å². The number of nitrogens with zero attached hydrogens (tertiary/aromatic N) is 4. The van der Waals surface area contributed by atoms with E-state index in [0.29, 0.717) is 24.7 Å². The second kappa shape index (κ2) is 6.89. The third kappa shape index (κ3) is 3.77. The summed E-state index contributed by atoms with van der Waals surface area (Å²) in [6, 6.07) is 9.09. The molecule has 2 aromatic rings. The van der Waals surface area contributed by atoms with E-state index in [1.165, 1.54) is 0 Å². The number of nitro groups is 1. The lowest BCUT2D eigenvalue weighted by Gasteiger charge is -2.35. The number of hydrogen-bond acceptors (Lipinski definition) is 8. The van der Waals surface area contributed by atoms with Gasteiger partial charge in [0.15, 0.2) is 0 Å². The first-order chi connectivity index (χ1) is 11.9. The quantitative estimate of drug-likeness (QED) is 0.640. The van der Waals surface area contributed by atoms with Crippen LogP contribution in [-0.2, 0) is 4.74 Å². The summed E-state index contributed by atoms with van der Waals surface area (Å²) in [5.41, 5.74) is 6.21. The Bertz CT molecular complexity index is 760. The first-order valence-electron chi connectivity index (χ1n) is 7.98. The van der Waals surface area contributed by atoms with Crippen molar-refractivity contribution in [2.75, 3.05) is 29.0 Å². The molecule has 1 aromatic heterocycles.